The predicted molar refractivity (Wildman–Crippen MR) is 93.5 cm³/mol. The SMILES string of the molecule is CN(Cc1ccc(F)cc1)C(=O)CSc1nnnn1C1CCCCC1. The molecule has 2 aromatic rings. The molecule has 1 aliphatic carbocycles. The van der Waals surface area contributed by atoms with Crippen LogP contribution in [0.3, 0.4) is 0 Å². The van der Waals surface area contributed by atoms with Crippen molar-refractivity contribution in [3.8, 4) is 0 Å². The highest BCUT2D eigenvalue weighted by molar-refractivity contribution is 7.99. The summed E-state index contributed by atoms with van der Waals surface area (Å²) in [5, 5.41) is 12.7. The Morgan fingerprint density at radius 3 is 2.72 bits per heavy atom. The van der Waals surface area contributed by atoms with Crippen molar-refractivity contribution in [2.45, 2.75) is 49.8 Å². The number of carbonyl (C=O) groups is 1. The number of carbonyl (C=O) groups excluding carboxylic acids is 1. The van der Waals surface area contributed by atoms with Gasteiger partial charge >= 0.3 is 0 Å². The largest absolute Gasteiger partial charge is 0.341 e. The lowest BCUT2D eigenvalue weighted by atomic mass is 9.96. The van der Waals surface area contributed by atoms with E-state index in [0.29, 0.717) is 17.7 Å². The number of hydrogen-bond acceptors (Lipinski definition) is 5. The number of aromatic nitrogens is 4. The minimum atomic E-state index is -0.275. The van der Waals surface area contributed by atoms with Gasteiger partial charge in [0.05, 0.1) is 11.8 Å². The van der Waals surface area contributed by atoms with Crippen molar-refractivity contribution in [2.24, 2.45) is 0 Å². The van der Waals surface area contributed by atoms with E-state index in [1.807, 2.05) is 4.68 Å². The van der Waals surface area contributed by atoms with Crippen LogP contribution in [0.15, 0.2) is 29.4 Å². The lowest BCUT2D eigenvalue weighted by molar-refractivity contribution is -0.127. The Bertz CT molecular complexity index is 699. The van der Waals surface area contributed by atoms with E-state index in [4.69, 9.17) is 0 Å². The van der Waals surface area contributed by atoms with Crippen LogP contribution in [-0.4, -0.2) is 43.8 Å². The third-order valence-corrected chi connectivity index (χ3v) is 5.38. The first-order valence-electron chi connectivity index (χ1n) is 8.52. The summed E-state index contributed by atoms with van der Waals surface area (Å²) < 4.78 is 14.8. The van der Waals surface area contributed by atoms with Crippen LogP contribution in [0.5, 0.6) is 0 Å². The van der Waals surface area contributed by atoms with E-state index in [2.05, 4.69) is 15.5 Å². The van der Waals surface area contributed by atoms with Gasteiger partial charge in [-0.15, -0.1) is 5.10 Å². The van der Waals surface area contributed by atoms with Crippen LogP contribution in [0.2, 0.25) is 0 Å². The molecule has 1 fully saturated rings. The van der Waals surface area contributed by atoms with Gasteiger partial charge < -0.3 is 4.90 Å². The molecule has 1 heterocycles. The molecule has 0 bridgehead atoms. The van der Waals surface area contributed by atoms with Gasteiger partial charge in [-0.2, -0.15) is 0 Å². The van der Waals surface area contributed by atoms with Gasteiger partial charge in [-0.1, -0.05) is 43.2 Å². The van der Waals surface area contributed by atoms with Crippen LogP contribution in [-0.2, 0) is 11.3 Å². The third kappa shape index (κ3) is 4.78. The molecule has 8 heteroatoms. The zero-order chi connectivity index (χ0) is 17.6. The minimum Gasteiger partial charge on any atom is -0.341 e. The standard InChI is InChI=1S/C17H22FN5OS/c1-22(11-13-7-9-14(18)10-8-13)16(24)12-25-17-19-20-21-23(17)15-5-3-2-4-6-15/h7-10,15H,2-6,11-12H2,1H3. The molecule has 6 nitrogen and oxygen atoms in total. The van der Waals surface area contributed by atoms with Gasteiger partial charge in [0.1, 0.15) is 5.82 Å². The molecular weight excluding hydrogens is 341 g/mol. The van der Waals surface area contributed by atoms with Gasteiger partial charge in [0, 0.05) is 13.6 Å². The number of tetrazole rings is 1. The van der Waals surface area contributed by atoms with Crippen molar-refractivity contribution in [2.75, 3.05) is 12.8 Å². The molecule has 0 unspecified atom stereocenters. The molecule has 0 aliphatic heterocycles. The number of amides is 1. The summed E-state index contributed by atoms with van der Waals surface area (Å²) in [6.45, 7) is 0.452. The maximum atomic E-state index is 12.9. The number of benzene rings is 1. The van der Waals surface area contributed by atoms with Crippen LogP contribution in [0.25, 0.3) is 0 Å². The zero-order valence-corrected chi connectivity index (χ0v) is 15.1. The molecule has 0 radical (unpaired) electrons. The highest BCUT2D eigenvalue weighted by atomic mass is 32.2. The highest BCUT2D eigenvalue weighted by Crippen LogP contribution is 2.30. The molecule has 1 saturated carbocycles. The molecule has 0 spiro atoms. The summed E-state index contributed by atoms with van der Waals surface area (Å²) in [4.78, 5) is 14.0. The van der Waals surface area contributed by atoms with E-state index < -0.39 is 0 Å². The van der Waals surface area contributed by atoms with Crippen LogP contribution in [0.1, 0.15) is 43.7 Å². The molecule has 0 N–H and O–H groups in total. The third-order valence-electron chi connectivity index (χ3n) is 4.47. The Morgan fingerprint density at radius 1 is 1.28 bits per heavy atom. The Balaban J connectivity index is 1.53. The predicted octanol–water partition coefficient (Wildman–Crippen LogP) is 3.07. The van der Waals surface area contributed by atoms with E-state index in [1.54, 1.807) is 24.1 Å². The number of thioether (sulfide) groups is 1. The summed E-state index contributed by atoms with van der Waals surface area (Å²) in [5.41, 5.74) is 0.897. The number of nitrogens with zero attached hydrogens (tertiary/aromatic N) is 5. The second-order valence-corrected chi connectivity index (χ2v) is 7.31. The van der Waals surface area contributed by atoms with Crippen LogP contribution >= 0.6 is 11.8 Å². The molecule has 3 rings (SSSR count). The van der Waals surface area contributed by atoms with Crippen molar-refractivity contribution >= 4 is 17.7 Å². The Morgan fingerprint density at radius 2 is 2.00 bits per heavy atom. The number of hydrogen-bond donors (Lipinski definition) is 0. The first-order chi connectivity index (χ1) is 12.1. The van der Waals surface area contributed by atoms with Crippen molar-refractivity contribution in [1.82, 2.24) is 25.1 Å². The fourth-order valence-corrected chi connectivity index (χ4v) is 3.91. The Hall–Kier alpha value is -1.96. The highest BCUT2D eigenvalue weighted by Gasteiger charge is 2.21. The average molecular weight is 363 g/mol. The van der Waals surface area contributed by atoms with Gasteiger partial charge in [-0.05, 0) is 41.0 Å². The van der Waals surface area contributed by atoms with Gasteiger partial charge in [-0.25, -0.2) is 9.07 Å². The second kappa shape index (κ2) is 8.42. The molecule has 0 atom stereocenters. The average Bonchev–Trinajstić information content (AvgIpc) is 3.11. The Labute approximate surface area is 150 Å². The summed E-state index contributed by atoms with van der Waals surface area (Å²) in [7, 11) is 1.75. The zero-order valence-electron chi connectivity index (χ0n) is 14.3. The fraction of sp³-hybridized carbons (Fsp3) is 0.529. The Kier molecular flexibility index (Phi) is 6.01. The smallest absolute Gasteiger partial charge is 0.233 e. The maximum Gasteiger partial charge on any atom is 0.233 e. The van der Waals surface area contributed by atoms with Gasteiger partial charge in [0.15, 0.2) is 0 Å². The fourth-order valence-electron chi connectivity index (χ4n) is 3.02. The molecular formula is C17H22FN5OS. The molecule has 134 valence electrons. The first-order valence-corrected chi connectivity index (χ1v) is 9.51. The lowest BCUT2D eigenvalue weighted by Crippen LogP contribution is -2.28. The molecule has 1 aromatic carbocycles. The number of rotatable bonds is 6. The molecule has 1 amide bonds. The van der Waals surface area contributed by atoms with E-state index in [-0.39, 0.29) is 17.5 Å². The van der Waals surface area contributed by atoms with Crippen LogP contribution in [0, 0.1) is 5.82 Å². The van der Waals surface area contributed by atoms with Gasteiger partial charge in [0.2, 0.25) is 11.1 Å². The number of halogens is 1. The van der Waals surface area contributed by atoms with Crippen LogP contribution in [0.4, 0.5) is 4.39 Å². The summed E-state index contributed by atoms with van der Waals surface area (Å²) in [6, 6.07) is 6.53. The maximum absolute atomic E-state index is 12.9. The van der Waals surface area contributed by atoms with Gasteiger partial charge in [0.25, 0.3) is 0 Å². The minimum absolute atomic E-state index is 0.00693. The molecule has 1 aliphatic rings. The van der Waals surface area contributed by atoms with Crippen LogP contribution < -0.4 is 0 Å². The second-order valence-electron chi connectivity index (χ2n) is 6.36. The topological polar surface area (TPSA) is 63.9 Å². The van der Waals surface area contributed by atoms with E-state index in [9.17, 15) is 9.18 Å². The molecule has 1 aromatic heterocycles. The van der Waals surface area contributed by atoms with Crippen molar-refractivity contribution in [1.29, 1.82) is 0 Å². The quantitative estimate of drug-likeness (QED) is 0.738. The first kappa shape index (κ1) is 17.8. The van der Waals surface area contributed by atoms with Crippen molar-refractivity contribution in [3.63, 3.8) is 0 Å². The van der Waals surface area contributed by atoms with E-state index in [1.165, 1.54) is 43.2 Å². The summed E-state index contributed by atoms with van der Waals surface area (Å²) in [5.74, 6) is 0.000448. The molecule has 25 heavy (non-hydrogen) atoms. The van der Waals surface area contributed by atoms with E-state index in [0.717, 1.165) is 18.4 Å². The summed E-state index contributed by atoms with van der Waals surface area (Å²) in [6.07, 6.45) is 5.86. The van der Waals surface area contributed by atoms with E-state index >= 15 is 0 Å². The van der Waals surface area contributed by atoms with Crippen molar-refractivity contribution < 1.29 is 9.18 Å². The lowest BCUT2D eigenvalue weighted by Gasteiger charge is -2.22. The summed E-state index contributed by atoms with van der Waals surface area (Å²) >= 11 is 1.37. The van der Waals surface area contributed by atoms with Gasteiger partial charge in [-0.3, -0.25) is 4.79 Å². The molecule has 0 saturated heterocycles. The normalized spacial score (nSPS) is 15.3. The monoisotopic (exact) mass is 363 g/mol. The van der Waals surface area contributed by atoms with Crippen molar-refractivity contribution in [3.05, 3.63) is 35.6 Å².